The number of nitro benzene ring substituents is 1. The Morgan fingerprint density at radius 1 is 1.45 bits per heavy atom. The normalized spacial score (nSPS) is 11.1. The second kappa shape index (κ2) is 8.94. The first-order valence-electron chi connectivity index (χ1n) is 7.14. The summed E-state index contributed by atoms with van der Waals surface area (Å²) in [6.07, 6.45) is 3.03. The van der Waals surface area contributed by atoms with E-state index in [0.717, 1.165) is 0 Å². The fraction of sp³-hybridized carbons (Fsp3) is 0.438. The van der Waals surface area contributed by atoms with Crippen LogP contribution in [0.2, 0.25) is 0 Å². The highest BCUT2D eigenvalue weighted by Crippen LogP contribution is 2.14. The van der Waals surface area contributed by atoms with Gasteiger partial charge in [-0.15, -0.1) is 0 Å². The molecule has 22 heavy (non-hydrogen) atoms. The summed E-state index contributed by atoms with van der Waals surface area (Å²) in [6.45, 7) is 5.71. The first-order chi connectivity index (χ1) is 10.4. The van der Waals surface area contributed by atoms with Crippen LogP contribution in [-0.4, -0.2) is 42.5 Å². The number of nitrogens with zero attached hydrogens (tertiary/aromatic N) is 2. The van der Waals surface area contributed by atoms with Gasteiger partial charge in [0.2, 0.25) is 5.91 Å². The highest BCUT2D eigenvalue weighted by molar-refractivity contribution is 5.91. The van der Waals surface area contributed by atoms with Crippen LogP contribution in [0.5, 0.6) is 0 Å². The third-order valence-corrected chi connectivity index (χ3v) is 2.96. The zero-order valence-corrected chi connectivity index (χ0v) is 13.2. The van der Waals surface area contributed by atoms with Crippen LogP contribution >= 0.6 is 0 Å². The third kappa shape index (κ3) is 6.05. The fourth-order valence-corrected chi connectivity index (χ4v) is 1.95. The van der Waals surface area contributed by atoms with Gasteiger partial charge in [-0.25, -0.2) is 0 Å². The zero-order chi connectivity index (χ0) is 16.5. The molecule has 0 spiro atoms. The largest absolute Gasteiger partial charge is 0.383 e. The Balaban J connectivity index is 2.78. The van der Waals surface area contributed by atoms with Crippen LogP contribution in [0.15, 0.2) is 30.3 Å². The van der Waals surface area contributed by atoms with E-state index in [9.17, 15) is 14.9 Å². The topological polar surface area (TPSA) is 72.7 Å². The Bertz CT molecular complexity index is 541. The number of carbonyl (C=O) groups is 1. The summed E-state index contributed by atoms with van der Waals surface area (Å²) in [6, 6.07) is 6.17. The summed E-state index contributed by atoms with van der Waals surface area (Å²) in [5.41, 5.74) is 0.631. The van der Waals surface area contributed by atoms with Crippen molar-refractivity contribution in [3.8, 4) is 0 Å². The van der Waals surface area contributed by atoms with Gasteiger partial charge in [0.05, 0.1) is 11.5 Å². The minimum absolute atomic E-state index is 0.00742. The first-order valence-corrected chi connectivity index (χ1v) is 7.14. The number of hydrogen-bond acceptors (Lipinski definition) is 4. The number of nitro groups is 1. The summed E-state index contributed by atoms with van der Waals surface area (Å²) in [5, 5.41) is 10.7. The van der Waals surface area contributed by atoms with Crippen molar-refractivity contribution in [3.05, 3.63) is 46.0 Å². The average Bonchev–Trinajstić information content (AvgIpc) is 2.49. The minimum atomic E-state index is -0.456. The highest BCUT2D eigenvalue weighted by atomic mass is 16.6. The molecular formula is C16H22N2O4. The molecule has 6 heteroatoms. The second-order valence-electron chi connectivity index (χ2n) is 5.36. The molecule has 1 aromatic carbocycles. The lowest BCUT2D eigenvalue weighted by molar-refractivity contribution is -0.384. The molecule has 0 aliphatic rings. The van der Waals surface area contributed by atoms with Crippen LogP contribution in [-0.2, 0) is 9.53 Å². The first kappa shape index (κ1) is 17.8. The molecule has 0 fully saturated rings. The van der Waals surface area contributed by atoms with Gasteiger partial charge in [0.25, 0.3) is 5.69 Å². The van der Waals surface area contributed by atoms with Crippen molar-refractivity contribution < 1.29 is 14.5 Å². The van der Waals surface area contributed by atoms with Crippen molar-refractivity contribution in [2.45, 2.75) is 13.8 Å². The Hall–Kier alpha value is -2.21. The monoisotopic (exact) mass is 306 g/mol. The lowest BCUT2D eigenvalue weighted by Gasteiger charge is -2.22. The molecule has 1 rings (SSSR count). The maximum atomic E-state index is 12.2. The fourth-order valence-electron chi connectivity index (χ4n) is 1.95. The Morgan fingerprint density at radius 2 is 2.18 bits per heavy atom. The van der Waals surface area contributed by atoms with E-state index < -0.39 is 4.92 Å². The molecule has 0 heterocycles. The summed E-state index contributed by atoms with van der Waals surface area (Å²) in [5.74, 6) is 0.226. The Morgan fingerprint density at radius 3 is 2.77 bits per heavy atom. The average molecular weight is 306 g/mol. The summed E-state index contributed by atoms with van der Waals surface area (Å²) >= 11 is 0. The van der Waals surface area contributed by atoms with Crippen molar-refractivity contribution in [2.75, 3.05) is 26.8 Å². The van der Waals surface area contributed by atoms with E-state index >= 15 is 0 Å². The van der Waals surface area contributed by atoms with Crippen LogP contribution in [0.25, 0.3) is 6.08 Å². The number of rotatable bonds is 8. The Labute approximate surface area is 130 Å². The number of benzene rings is 1. The predicted molar refractivity (Wildman–Crippen MR) is 85.4 cm³/mol. The van der Waals surface area contributed by atoms with Gasteiger partial charge in [-0.1, -0.05) is 26.0 Å². The quantitative estimate of drug-likeness (QED) is 0.420. The SMILES string of the molecule is COCCN(CC(C)C)C(=O)/C=C/c1cccc([N+](=O)[O-])c1. The molecule has 0 atom stereocenters. The Kier molecular flexibility index (Phi) is 7.25. The molecule has 0 saturated carbocycles. The molecule has 0 aliphatic carbocycles. The number of carbonyl (C=O) groups excluding carboxylic acids is 1. The van der Waals surface area contributed by atoms with E-state index in [2.05, 4.69) is 0 Å². The zero-order valence-electron chi connectivity index (χ0n) is 13.2. The maximum absolute atomic E-state index is 12.2. The van der Waals surface area contributed by atoms with E-state index in [1.54, 1.807) is 30.2 Å². The summed E-state index contributed by atoms with van der Waals surface area (Å²) in [4.78, 5) is 24.2. The molecule has 1 aromatic rings. The van der Waals surface area contributed by atoms with Crippen LogP contribution in [0.4, 0.5) is 5.69 Å². The number of amides is 1. The molecule has 120 valence electrons. The van der Waals surface area contributed by atoms with E-state index in [4.69, 9.17) is 4.74 Å². The number of non-ortho nitro benzene ring substituents is 1. The van der Waals surface area contributed by atoms with E-state index in [1.807, 2.05) is 13.8 Å². The van der Waals surface area contributed by atoms with Crippen LogP contribution in [0.1, 0.15) is 19.4 Å². The molecular weight excluding hydrogens is 284 g/mol. The second-order valence-corrected chi connectivity index (χ2v) is 5.36. The predicted octanol–water partition coefficient (Wildman–Crippen LogP) is 2.74. The van der Waals surface area contributed by atoms with Crippen LogP contribution < -0.4 is 0 Å². The van der Waals surface area contributed by atoms with Crippen molar-refractivity contribution in [1.29, 1.82) is 0 Å². The standard InChI is InChI=1S/C16H22N2O4/c1-13(2)12-17(9-10-22-3)16(19)8-7-14-5-4-6-15(11-14)18(20)21/h4-8,11,13H,9-10,12H2,1-3H3/b8-7+. The molecule has 0 aromatic heterocycles. The summed E-state index contributed by atoms with van der Waals surface area (Å²) in [7, 11) is 1.59. The van der Waals surface area contributed by atoms with E-state index in [-0.39, 0.29) is 11.6 Å². The van der Waals surface area contributed by atoms with Crippen LogP contribution in [0.3, 0.4) is 0 Å². The molecule has 0 N–H and O–H groups in total. The molecule has 0 bridgehead atoms. The maximum Gasteiger partial charge on any atom is 0.270 e. The molecule has 0 unspecified atom stereocenters. The summed E-state index contributed by atoms with van der Waals surface area (Å²) < 4.78 is 5.02. The lowest BCUT2D eigenvalue weighted by atomic mass is 10.1. The van der Waals surface area contributed by atoms with Crippen molar-refractivity contribution in [3.63, 3.8) is 0 Å². The van der Waals surface area contributed by atoms with E-state index in [1.165, 1.54) is 18.2 Å². The van der Waals surface area contributed by atoms with Gasteiger partial charge in [0.1, 0.15) is 0 Å². The molecule has 6 nitrogen and oxygen atoms in total. The molecule has 0 radical (unpaired) electrons. The molecule has 1 amide bonds. The molecule has 0 saturated heterocycles. The van der Waals surface area contributed by atoms with Crippen LogP contribution in [0, 0.1) is 16.0 Å². The number of methoxy groups -OCH3 is 1. The smallest absolute Gasteiger partial charge is 0.270 e. The van der Waals surface area contributed by atoms with Gasteiger partial charge < -0.3 is 9.64 Å². The van der Waals surface area contributed by atoms with Gasteiger partial charge in [-0.3, -0.25) is 14.9 Å². The number of ether oxygens (including phenoxy) is 1. The van der Waals surface area contributed by atoms with Gasteiger partial charge in [0.15, 0.2) is 0 Å². The lowest BCUT2D eigenvalue weighted by Crippen LogP contribution is -2.35. The third-order valence-electron chi connectivity index (χ3n) is 2.96. The van der Waals surface area contributed by atoms with Gasteiger partial charge in [0, 0.05) is 38.4 Å². The van der Waals surface area contributed by atoms with Gasteiger partial charge in [-0.2, -0.15) is 0 Å². The minimum Gasteiger partial charge on any atom is -0.383 e. The van der Waals surface area contributed by atoms with Crippen molar-refractivity contribution in [1.82, 2.24) is 4.90 Å². The van der Waals surface area contributed by atoms with E-state index in [0.29, 0.717) is 31.2 Å². The number of hydrogen-bond donors (Lipinski definition) is 0. The van der Waals surface area contributed by atoms with Gasteiger partial charge in [-0.05, 0) is 17.6 Å². The highest BCUT2D eigenvalue weighted by Gasteiger charge is 2.12. The van der Waals surface area contributed by atoms with Crippen molar-refractivity contribution >= 4 is 17.7 Å². The van der Waals surface area contributed by atoms with Crippen molar-refractivity contribution in [2.24, 2.45) is 5.92 Å². The molecule has 0 aliphatic heterocycles. The van der Waals surface area contributed by atoms with Gasteiger partial charge >= 0.3 is 0 Å².